The summed E-state index contributed by atoms with van der Waals surface area (Å²) >= 11 is 0. The maximum absolute atomic E-state index is 6.10. The average Bonchev–Trinajstić information content (AvgIpc) is 3.30. The van der Waals surface area contributed by atoms with Gasteiger partial charge in [0.1, 0.15) is 12.4 Å². The van der Waals surface area contributed by atoms with E-state index in [9.17, 15) is 0 Å². The maximum Gasteiger partial charge on any atom is 0.191 e. The fourth-order valence-electron chi connectivity index (χ4n) is 3.49. The highest BCUT2D eigenvalue weighted by Crippen LogP contribution is 2.22. The lowest BCUT2D eigenvalue weighted by atomic mass is 10.1. The summed E-state index contributed by atoms with van der Waals surface area (Å²) in [5.74, 6) is 1.62. The minimum atomic E-state index is -0.0468. The quantitative estimate of drug-likeness (QED) is 0.284. The fourth-order valence-corrected chi connectivity index (χ4v) is 3.49. The number of benzene rings is 2. The molecule has 2 unspecified atom stereocenters. The zero-order valence-corrected chi connectivity index (χ0v) is 20.9. The van der Waals surface area contributed by atoms with Crippen molar-refractivity contribution in [2.24, 2.45) is 4.99 Å². The molecule has 2 atom stereocenters. The van der Waals surface area contributed by atoms with Gasteiger partial charge in [0.15, 0.2) is 5.96 Å². The van der Waals surface area contributed by atoms with Crippen LogP contribution in [0.4, 0.5) is 0 Å². The van der Waals surface area contributed by atoms with E-state index < -0.39 is 0 Å². The second-order valence-electron chi connectivity index (χ2n) is 7.50. The summed E-state index contributed by atoms with van der Waals surface area (Å²) in [4.78, 5) is 4.34. The molecule has 1 heterocycles. The van der Waals surface area contributed by atoms with Crippen LogP contribution in [0.5, 0.6) is 5.75 Å². The van der Waals surface area contributed by atoms with Crippen molar-refractivity contribution in [2.75, 3.05) is 33.9 Å². The number of hydrogen-bond acceptors (Lipinski definition) is 4. The van der Waals surface area contributed by atoms with Crippen LogP contribution < -0.4 is 15.4 Å². The van der Waals surface area contributed by atoms with Gasteiger partial charge in [-0.05, 0) is 37.0 Å². The Bertz CT molecular complexity index is 811. The van der Waals surface area contributed by atoms with Gasteiger partial charge in [0.2, 0.25) is 0 Å². The molecule has 0 saturated carbocycles. The van der Waals surface area contributed by atoms with Crippen molar-refractivity contribution in [2.45, 2.75) is 38.5 Å². The van der Waals surface area contributed by atoms with Crippen molar-refractivity contribution in [3.8, 4) is 5.75 Å². The molecule has 1 fully saturated rings. The van der Waals surface area contributed by atoms with Crippen molar-refractivity contribution in [1.29, 1.82) is 0 Å². The van der Waals surface area contributed by atoms with Crippen LogP contribution >= 0.6 is 24.0 Å². The third kappa shape index (κ3) is 7.97. The summed E-state index contributed by atoms with van der Waals surface area (Å²) in [5.41, 5.74) is 3.40. The zero-order valence-electron chi connectivity index (χ0n) is 18.6. The summed E-state index contributed by atoms with van der Waals surface area (Å²) in [6.07, 6.45) is 2.33. The minimum Gasteiger partial charge on any atom is -0.491 e. The molecule has 2 N–H and O–H groups in total. The number of ether oxygens (including phenoxy) is 3. The van der Waals surface area contributed by atoms with Crippen LogP contribution in [0.3, 0.4) is 0 Å². The molecule has 0 radical (unpaired) electrons. The second kappa shape index (κ2) is 13.5. The molecule has 0 bridgehead atoms. The van der Waals surface area contributed by atoms with Crippen molar-refractivity contribution in [3.05, 3.63) is 65.2 Å². The molecule has 0 aliphatic carbocycles. The molecular formula is C24H34IN3O3. The Kier molecular flexibility index (Phi) is 11.1. The van der Waals surface area contributed by atoms with Crippen molar-refractivity contribution in [3.63, 3.8) is 0 Å². The van der Waals surface area contributed by atoms with E-state index >= 15 is 0 Å². The molecule has 1 saturated heterocycles. The molecule has 0 spiro atoms. The highest BCUT2D eigenvalue weighted by Gasteiger charge is 2.17. The molecule has 1 aliphatic rings. The Balaban J connectivity index is 0.00000341. The van der Waals surface area contributed by atoms with Crippen molar-refractivity contribution >= 4 is 29.9 Å². The van der Waals surface area contributed by atoms with Crippen LogP contribution in [0.2, 0.25) is 0 Å². The van der Waals surface area contributed by atoms with Crippen molar-refractivity contribution in [1.82, 2.24) is 10.6 Å². The second-order valence-corrected chi connectivity index (χ2v) is 7.50. The van der Waals surface area contributed by atoms with E-state index in [1.54, 1.807) is 14.2 Å². The SMILES string of the molecule is CN=C(NCc1ccc(C)cc1OCC1CCCO1)NCC(OC)c1ccccc1.I. The topological polar surface area (TPSA) is 64.1 Å². The molecular weight excluding hydrogens is 505 g/mol. The molecule has 3 rings (SSSR count). The monoisotopic (exact) mass is 539 g/mol. The van der Waals surface area contributed by atoms with Crippen LogP contribution in [0.25, 0.3) is 0 Å². The average molecular weight is 539 g/mol. The lowest BCUT2D eigenvalue weighted by Crippen LogP contribution is -2.39. The number of guanidine groups is 1. The summed E-state index contributed by atoms with van der Waals surface area (Å²) in [6.45, 7) is 4.74. The van der Waals surface area contributed by atoms with Gasteiger partial charge in [-0.1, -0.05) is 42.5 Å². The van der Waals surface area contributed by atoms with E-state index in [1.807, 2.05) is 18.2 Å². The summed E-state index contributed by atoms with van der Waals surface area (Å²) < 4.78 is 17.4. The van der Waals surface area contributed by atoms with Gasteiger partial charge in [0.05, 0.1) is 12.2 Å². The predicted octanol–water partition coefficient (Wildman–Crippen LogP) is 4.22. The summed E-state index contributed by atoms with van der Waals surface area (Å²) in [7, 11) is 3.49. The lowest BCUT2D eigenvalue weighted by molar-refractivity contribution is 0.0676. The molecule has 31 heavy (non-hydrogen) atoms. The smallest absolute Gasteiger partial charge is 0.191 e. The van der Waals surface area contributed by atoms with E-state index in [2.05, 4.69) is 52.9 Å². The van der Waals surface area contributed by atoms with Gasteiger partial charge in [-0.25, -0.2) is 0 Å². The molecule has 0 amide bonds. The Morgan fingerprint density at radius 1 is 1.19 bits per heavy atom. The number of aliphatic imine (C=N–C) groups is 1. The van der Waals surface area contributed by atoms with Gasteiger partial charge in [-0.3, -0.25) is 4.99 Å². The number of aryl methyl sites for hydroxylation is 1. The number of nitrogens with one attached hydrogen (secondary N) is 2. The Morgan fingerprint density at radius 3 is 2.68 bits per heavy atom. The molecule has 6 nitrogen and oxygen atoms in total. The van der Waals surface area contributed by atoms with Crippen molar-refractivity contribution < 1.29 is 14.2 Å². The number of halogens is 1. The first-order valence-corrected chi connectivity index (χ1v) is 10.6. The van der Waals surface area contributed by atoms with Gasteiger partial charge in [-0.2, -0.15) is 0 Å². The van der Waals surface area contributed by atoms with E-state index in [0.29, 0.717) is 19.7 Å². The van der Waals surface area contributed by atoms with Crippen LogP contribution in [0.15, 0.2) is 53.5 Å². The molecule has 170 valence electrons. The van der Waals surface area contributed by atoms with Crippen LogP contribution in [0.1, 0.15) is 35.6 Å². The highest BCUT2D eigenvalue weighted by molar-refractivity contribution is 14.0. The molecule has 2 aromatic carbocycles. The zero-order chi connectivity index (χ0) is 21.2. The molecule has 1 aliphatic heterocycles. The maximum atomic E-state index is 6.10. The standard InChI is InChI=1S/C24H33N3O3.HI/c1-18-11-12-20(22(14-18)30-17-21-10-7-13-29-21)15-26-24(25-2)27-16-23(28-3)19-8-5-4-6-9-19;/h4-6,8-9,11-12,14,21,23H,7,10,13,15-17H2,1-3H3,(H2,25,26,27);1H. The third-order valence-electron chi connectivity index (χ3n) is 5.25. The first kappa shape index (κ1) is 25.4. The Hall–Kier alpha value is -1.84. The Morgan fingerprint density at radius 2 is 2.00 bits per heavy atom. The minimum absolute atomic E-state index is 0. The first-order chi connectivity index (χ1) is 14.7. The summed E-state index contributed by atoms with van der Waals surface area (Å²) in [5, 5.41) is 6.73. The van der Waals surface area contributed by atoms with E-state index in [1.165, 1.54) is 5.56 Å². The van der Waals surface area contributed by atoms with Gasteiger partial charge in [0, 0.05) is 39.4 Å². The highest BCUT2D eigenvalue weighted by atomic mass is 127. The van der Waals surface area contributed by atoms with Crippen LogP contribution in [-0.2, 0) is 16.0 Å². The van der Waals surface area contributed by atoms with Gasteiger partial charge < -0.3 is 24.8 Å². The Labute approximate surface area is 202 Å². The largest absolute Gasteiger partial charge is 0.491 e. The fraction of sp³-hybridized carbons (Fsp3) is 0.458. The van der Waals surface area contributed by atoms with E-state index in [0.717, 1.165) is 42.3 Å². The van der Waals surface area contributed by atoms with E-state index in [4.69, 9.17) is 14.2 Å². The van der Waals surface area contributed by atoms with Crippen LogP contribution in [-0.4, -0.2) is 46.0 Å². The van der Waals surface area contributed by atoms with Gasteiger partial charge in [-0.15, -0.1) is 24.0 Å². The number of hydrogen-bond donors (Lipinski definition) is 2. The normalized spacial score (nSPS) is 17.0. The summed E-state index contributed by atoms with van der Waals surface area (Å²) in [6, 6.07) is 16.5. The lowest BCUT2D eigenvalue weighted by Gasteiger charge is -2.20. The number of nitrogens with zero attached hydrogens (tertiary/aromatic N) is 1. The number of rotatable bonds is 9. The van der Waals surface area contributed by atoms with Crippen LogP contribution in [0, 0.1) is 6.92 Å². The molecule has 2 aromatic rings. The van der Waals surface area contributed by atoms with E-state index in [-0.39, 0.29) is 36.2 Å². The number of methoxy groups -OCH3 is 1. The molecule has 0 aromatic heterocycles. The van der Waals surface area contributed by atoms with Gasteiger partial charge in [0.25, 0.3) is 0 Å². The van der Waals surface area contributed by atoms with Gasteiger partial charge >= 0.3 is 0 Å². The first-order valence-electron chi connectivity index (χ1n) is 10.6. The third-order valence-corrected chi connectivity index (χ3v) is 5.25. The predicted molar refractivity (Wildman–Crippen MR) is 135 cm³/mol. The molecule has 7 heteroatoms.